The zero-order chi connectivity index (χ0) is 30.2. The molecule has 0 unspecified atom stereocenters. The van der Waals surface area contributed by atoms with E-state index in [1.165, 1.54) is 18.6 Å². The molecule has 3 heterocycles. The van der Waals surface area contributed by atoms with E-state index in [0.29, 0.717) is 22.8 Å². The Bertz CT molecular complexity index is 1780. The number of ether oxygens (including phenoxy) is 1. The van der Waals surface area contributed by atoms with E-state index in [1.54, 1.807) is 6.07 Å². The smallest absolute Gasteiger partial charge is 0.433 e. The van der Waals surface area contributed by atoms with Crippen LogP contribution in [0.25, 0.3) is 10.2 Å². The van der Waals surface area contributed by atoms with Crippen LogP contribution in [0.2, 0.25) is 0 Å². The third-order valence-electron chi connectivity index (χ3n) is 6.95. The minimum Gasteiger partial charge on any atom is -0.486 e. The van der Waals surface area contributed by atoms with Crippen LogP contribution in [0, 0.1) is 6.92 Å². The summed E-state index contributed by atoms with van der Waals surface area (Å²) in [5.74, 6) is -0.724. The molecule has 0 spiro atoms. The molecular weight excluding hydrogens is 567 g/mol. The highest BCUT2D eigenvalue weighted by Crippen LogP contribution is 2.40. The molecule has 0 radical (unpaired) electrons. The molecule has 0 saturated heterocycles. The van der Waals surface area contributed by atoms with Crippen molar-refractivity contribution in [2.45, 2.75) is 39.0 Å². The molecule has 0 aliphatic heterocycles. The van der Waals surface area contributed by atoms with Crippen LogP contribution in [0.5, 0.6) is 5.75 Å². The Kier molecular flexibility index (Phi) is 7.55. The normalized spacial score (nSPS) is 12.0. The molecule has 0 aliphatic carbocycles. The molecule has 0 aliphatic rings. The van der Waals surface area contributed by atoms with Crippen LogP contribution in [0.1, 0.15) is 62.2 Å². The number of nitrogens with two attached hydrogens (primary N) is 1. The Morgan fingerprint density at radius 3 is 2.31 bits per heavy atom. The third-order valence-corrected chi connectivity index (χ3v) is 8.05. The van der Waals surface area contributed by atoms with Gasteiger partial charge in [0.2, 0.25) is 0 Å². The number of furan rings is 1. The molecule has 0 fully saturated rings. The number of benzene rings is 2. The predicted octanol–water partition coefficient (Wildman–Crippen LogP) is 7.47. The third kappa shape index (κ3) is 5.73. The first-order valence-electron chi connectivity index (χ1n) is 12.8. The number of thiophene rings is 1. The van der Waals surface area contributed by atoms with Crippen LogP contribution < -0.4 is 15.8 Å². The number of hydrogen-bond acceptors (Lipinski definition) is 6. The number of carbonyl (C=O) groups excluding carboxylic acids is 2. The van der Waals surface area contributed by atoms with Gasteiger partial charge in [0.15, 0.2) is 5.76 Å². The van der Waals surface area contributed by atoms with Crippen molar-refractivity contribution in [3.63, 3.8) is 0 Å². The number of halogens is 3. The maximum absolute atomic E-state index is 13.3. The molecule has 42 heavy (non-hydrogen) atoms. The van der Waals surface area contributed by atoms with Crippen LogP contribution in [0.4, 0.5) is 18.9 Å². The lowest BCUT2D eigenvalue weighted by molar-refractivity contribution is -0.141. The second-order valence-corrected chi connectivity index (χ2v) is 11.2. The van der Waals surface area contributed by atoms with Gasteiger partial charge in [-0.05, 0) is 53.9 Å². The highest BCUT2D eigenvalue weighted by Gasteiger charge is 2.34. The summed E-state index contributed by atoms with van der Waals surface area (Å²) >= 11 is 0.675. The minimum atomic E-state index is -4.67. The number of aryl methyl sites for hydroxylation is 1. The summed E-state index contributed by atoms with van der Waals surface area (Å²) in [6.45, 7) is 5.78. The number of nitrogens with zero attached hydrogens (tertiary/aromatic N) is 1. The first-order valence-corrected chi connectivity index (χ1v) is 13.7. The topological polar surface area (TPSA) is 107 Å². The van der Waals surface area contributed by atoms with Gasteiger partial charge in [-0.25, -0.2) is 4.98 Å². The molecule has 11 heteroatoms. The van der Waals surface area contributed by atoms with Gasteiger partial charge in [0.05, 0.1) is 5.69 Å². The van der Waals surface area contributed by atoms with E-state index in [-0.39, 0.29) is 44.1 Å². The molecule has 5 aromatic rings. The van der Waals surface area contributed by atoms with Crippen molar-refractivity contribution in [1.82, 2.24) is 4.98 Å². The molecule has 0 bridgehead atoms. The molecule has 0 atom stereocenters. The quantitative estimate of drug-likeness (QED) is 0.194. The number of hydrogen-bond donors (Lipinski definition) is 2. The molecule has 5 rings (SSSR count). The Balaban J connectivity index is 1.29. The maximum Gasteiger partial charge on any atom is 0.433 e. The first kappa shape index (κ1) is 28.9. The van der Waals surface area contributed by atoms with Gasteiger partial charge in [-0.3, -0.25) is 9.59 Å². The predicted molar refractivity (Wildman–Crippen MR) is 154 cm³/mol. The summed E-state index contributed by atoms with van der Waals surface area (Å²) in [6, 6.07) is 21.8. The van der Waals surface area contributed by atoms with Crippen molar-refractivity contribution in [2.75, 3.05) is 5.32 Å². The monoisotopic (exact) mass is 593 g/mol. The number of nitrogens with one attached hydrogen (secondary N) is 1. The van der Waals surface area contributed by atoms with Gasteiger partial charge >= 0.3 is 6.18 Å². The second-order valence-electron chi connectivity index (χ2n) is 10.2. The van der Waals surface area contributed by atoms with Gasteiger partial charge in [0, 0.05) is 10.8 Å². The molecule has 3 N–H and O–H groups in total. The van der Waals surface area contributed by atoms with Gasteiger partial charge in [-0.1, -0.05) is 56.3 Å². The van der Waals surface area contributed by atoms with Crippen molar-refractivity contribution in [1.29, 1.82) is 0 Å². The molecular formula is C31H26F3N3O4S. The van der Waals surface area contributed by atoms with Gasteiger partial charge < -0.3 is 20.2 Å². The zero-order valence-corrected chi connectivity index (χ0v) is 23.7. The van der Waals surface area contributed by atoms with Crippen molar-refractivity contribution >= 4 is 39.1 Å². The lowest BCUT2D eigenvalue weighted by Gasteiger charge is -2.26. The number of aromatic nitrogens is 1. The van der Waals surface area contributed by atoms with E-state index in [2.05, 4.69) is 36.3 Å². The molecule has 2 aromatic carbocycles. The van der Waals surface area contributed by atoms with E-state index in [9.17, 15) is 22.8 Å². The van der Waals surface area contributed by atoms with Crippen LogP contribution >= 0.6 is 11.3 Å². The fourth-order valence-electron chi connectivity index (χ4n) is 4.62. The van der Waals surface area contributed by atoms with Gasteiger partial charge in [-0.15, -0.1) is 11.3 Å². The number of alkyl halides is 3. The fraction of sp³-hybridized carbons (Fsp3) is 0.194. The van der Waals surface area contributed by atoms with Gasteiger partial charge in [0.25, 0.3) is 11.8 Å². The van der Waals surface area contributed by atoms with Crippen molar-refractivity contribution in [2.24, 2.45) is 5.73 Å². The summed E-state index contributed by atoms with van der Waals surface area (Å²) in [5.41, 5.74) is 6.64. The zero-order valence-electron chi connectivity index (χ0n) is 22.8. The van der Waals surface area contributed by atoms with Gasteiger partial charge in [-0.2, -0.15) is 13.2 Å². The van der Waals surface area contributed by atoms with Gasteiger partial charge in [0.1, 0.15) is 33.5 Å². The van der Waals surface area contributed by atoms with Crippen molar-refractivity contribution in [3.8, 4) is 5.75 Å². The number of primary amides is 1. The Morgan fingerprint density at radius 1 is 1.00 bits per heavy atom. The SMILES string of the molecule is Cc1cc(C(F)(F)F)nc2sc(C(N)=O)c(NC(=O)c3ccc(COc4ccc(C(C)(C)c5ccccc5)cc4)o3)c12. The first-order chi connectivity index (χ1) is 19.8. The minimum absolute atomic E-state index is 0.0149. The van der Waals surface area contributed by atoms with E-state index in [0.717, 1.165) is 11.6 Å². The fourth-order valence-corrected chi connectivity index (χ4v) is 5.68. The van der Waals surface area contributed by atoms with Crippen molar-refractivity contribution in [3.05, 3.63) is 112 Å². The summed E-state index contributed by atoms with van der Waals surface area (Å²) in [7, 11) is 0. The highest BCUT2D eigenvalue weighted by atomic mass is 32.1. The molecule has 0 saturated carbocycles. The average molecular weight is 594 g/mol. The molecule has 3 aromatic heterocycles. The summed E-state index contributed by atoms with van der Waals surface area (Å²) < 4.78 is 51.2. The largest absolute Gasteiger partial charge is 0.486 e. The molecule has 2 amide bonds. The number of carbonyl (C=O) groups is 2. The van der Waals surface area contributed by atoms with E-state index < -0.39 is 23.7 Å². The van der Waals surface area contributed by atoms with E-state index in [1.807, 2.05) is 42.5 Å². The Labute approximate surface area is 243 Å². The van der Waals surface area contributed by atoms with Crippen LogP contribution in [0.15, 0.2) is 77.2 Å². The number of rotatable bonds is 8. The average Bonchev–Trinajstić information content (AvgIpc) is 3.58. The highest BCUT2D eigenvalue weighted by molar-refractivity contribution is 7.21. The summed E-state index contributed by atoms with van der Waals surface area (Å²) in [6.07, 6.45) is -4.67. The lowest BCUT2D eigenvalue weighted by Crippen LogP contribution is -2.18. The standard InChI is InChI=1S/C31H26F3N3O4S/c1-17-15-23(31(32,33)34)36-29-24(17)25(26(42-29)27(35)38)37-28(39)22-14-13-21(41-22)16-40-20-11-9-19(10-12-20)30(2,3)18-7-5-4-6-8-18/h4-15H,16H2,1-3H3,(H2,35,38)(H,37,39). The van der Waals surface area contributed by atoms with Crippen LogP contribution in [0.3, 0.4) is 0 Å². The van der Waals surface area contributed by atoms with Crippen LogP contribution in [-0.2, 0) is 18.2 Å². The van der Waals surface area contributed by atoms with Crippen LogP contribution in [-0.4, -0.2) is 16.8 Å². The summed E-state index contributed by atoms with van der Waals surface area (Å²) in [4.78, 5) is 28.5. The maximum atomic E-state index is 13.3. The lowest BCUT2D eigenvalue weighted by atomic mass is 9.78. The van der Waals surface area contributed by atoms with Crippen molar-refractivity contribution < 1.29 is 31.9 Å². The Morgan fingerprint density at radius 2 is 1.67 bits per heavy atom. The number of pyridine rings is 1. The molecule has 216 valence electrons. The Hall–Kier alpha value is -4.64. The number of anilines is 1. The van der Waals surface area contributed by atoms with E-state index in [4.69, 9.17) is 14.9 Å². The summed E-state index contributed by atoms with van der Waals surface area (Å²) in [5, 5.41) is 2.76. The number of amides is 2. The van der Waals surface area contributed by atoms with E-state index >= 15 is 0 Å². The number of fused-ring (bicyclic) bond motifs is 1. The molecule has 7 nitrogen and oxygen atoms in total. The second kappa shape index (κ2) is 11.0.